The van der Waals surface area contributed by atoms with Crippen LogP contribution in [0.2, 0.25) is 0 Å². The summed E-state index contributed by atoms with van der Waals surface area (Å²) >= 11 is 3.64. The van der Waals surface area contributed by atoms with Gasteiger partial charge in [0, 0.05) is 28.3 Å². The lowest BCUT2D eigenvalue weighted by Crippen LogP contribution is -2.25. The lowest BCUT2D eigenvalue weighted by molar-refractivity contribution is 0.449. The molecule has 1 unspecified atom stereocenters. The Labute approximate surface area is 157 Å². The maximum Gasteiger partial charge on any atom is 0.0662 e. The zero-order chi connectivity index (χ0) is 17.1. The Bertz CT molecular complexity index is 841. The maximum absolute atomic E-state index is 4.68. The van der Waals surface area contributed by atoms with E-state index in [1.165, 1.54) is 39.7 Å². The number of hydrogen-bond acceptors (Lipinski definition) is 2. The van der Waals surface area contributed by atoms with Gasteiger partial charge in [0.1, 0.15) is 0 Å². The highest BCUT2D eigenvalue weighted by atomic mass is 79.9. The van der Waals surface area contributed by atoms with Crippen molar-refractivity contribution in [3.8, 4) is 0 Å². The maximum atomic E-state index is 4.68. The topological polar surface area (TPSA) is 29.9 Å². The predicted octanol–water partition coefficient (Wildman–Crippen LogP) is 4.86. The van der Waals surface area contributed by atoms with Gasteiger partial charge in [-0.15, -0.1) is 0 Å². The van der Waals surface area contributed by atoms with Gasteiger partial charge in [-0.2, -0.15) is 5.10 Å². The molecule has 1 N–H and O–H groups in total. The van der Waals surface area contributed by atoms with Crippen LogP contribution in [0.3, 0.4) is 0 Å². The molecule has 128 valence electrons. The molecule has 0 spiro atoms. The monoisotopic (exact) mass is 395 g/mol. The quantitative estimate of drug-likeness (QED) is 0.668. The van der Waals surface area contributed by atoms with Crippen LogP contribution in [0.4, 0.5) is 0 Å². The molecule has 1 heterocycles. The van der Waals surface area contributed by atoms with Crippen LogP contribution in [0.15, 0.2) is 65.3 Å². The third kappa shape index (κ3) is 3.70. The second-order valence-corrected chi connectivity index (χ2v) is 7.46. The highest BCUT2D eigenvalue weighted by Gasteiger charge is 2.24. The van der Waals surface area contributed by atoms with Crippen LogP contribution in [0.5, 0.6) is 0 Å². The summed E-state index contributed by atoms with van der Waals surface area (Å²) < 4.78 is 3.34. The SMILES string of the molecule is Brc1ccccc1CNC1CCCc2c1cnn2Cc1ccccc1. The Kier molecular flexibility index (Phi) is 4.99. The van der Waals surface area contributed by atoms with Gasteiger partial charge >= 0.3 is 0 Å². The van der Waals surface area contributed by atoms with Gasteiger partial charge in [-0.1, -0.05) is 64.5 Å². The van der Waals surface area contributed by atoms with Crippen LogP contribution >= 0.6 is 15.9 Å². The summed E-state index contributed by atoms with van der Waals surface area (Å²) in [5, 5.41) is 8.41. The van der Waals surface area contributed by atoms with Crippen LogP contribution < -0.4 is 5.32 Å². The number of aromatic nitrogens is 2. The summed E-state index contributed by atoms with van der Waals surface area (Å²) in [6, 6.07) is 19.4. The smallest absolute Gasteiger partial charge is 0.0662 e. The van der Waals surface area contributed by atoms with Gasteiger partial charge in [-0.3, -0.25) is 4.68 Å². The number of hydrogen-bond donors (Lipinski definition) is 1. The number of fused-ring (bicyclic) bond motifs is 1. The van der Waals surface area contributed by atoms with Crippen molar-refractivity contribution in [3.63, 3.8) is 0 Å². The minimum absolute atomic E-state index is 0.389. The lowest BCUT2D eigenvalue weighted by Gasteiger charge is -2.24. The third-order valence-electron chi connectivity index (χ3n) is 4.93. The molecule has 4 heteroatoms. The van der Waals surface area contributed by atoms with E-state index in [1.54, 1.807) is 0 Å². The highest BCUT2D eigenvalue weighted by molar-refractivity contribution is 9.10. The van der Waals surface area contributed by atoms with E-state index in [1.807, 2.05) is 0 Å². The van der Waals surface area contributed by atoms with Crippen LogP contribution in [-0.2, 0) is 19.5 Å². The van der Waals surface area contributed by atoms with E-state index >= 15 is 0 Å². The van der Waals surface area contributed by atoms with E-state index in [-0.39, 0.29) is 0 Å². The average molecular weight is 396 g/mol. The molecule has 1 atom stereocenters. The predicted molar refractivity (Wildman–Crippen MR) is 104 cm³/mol. The van der Waals surface area contributed by atoms with Crippen molar-refractivity contribution in [3.05, 3.63) is 87.7 Å². The van der Waals surface area contributed by atoms with Crippen LogP contribution in [0.1, 0.15) is 41.3 Å². The number of nitrogens with zero attached hydrogens (tertiary/aromatic N) is 2. The lowest BCUT2D eigenvalue weighted by atomic mass is 9.92. The molecule has 0 fully saturated rings. The molecule has 2 aromatic carbocycles. The summed E-state index contributed by atoms with van der Waals surface area (Å²) in [4.78, 5) is 0. The third-order valence-corrected chi connectivity index (χ3v) is 5.71. The first-order chi connectivity index (χ1) is 12.3. The fourth-order valence-corrected chi connectivity index (χ4v) is 4.02. The van der Waals surface area contributed by atoms with E-state index in [4.69, 9.17) is 0 Å². The Morgan fingerprint density at radius 1 is 1.08 bits per heavy atom. The van der Waals surface area contributed by atoms with Gasteiger partial charge in [-0.05, 0) is 36.5 Å². The molecule has 1 aliphatic carbocycles. The van der Waals surface area contributed by atoms with Crippen molar-refractivity contribution in [1.82, 2.24) is 15.1 Å². The molecule has 0 amide bonds. The van der Waals surface area contributed by atoms with Crippen LogP contribution in [0.25, 0.3) is 0 Å². The Morgan fingerprint density at radius 3 is 2.72 bits per heavy atom. The van der Waals surface area contributed by atoms with Gasteiger partial charge in [0.15, 0.2) is 0 Å². The van der Waals surface area contributed by atoms with E-state index in [2.05, 4.69) is 91.8 Å². The largest absolute Gasteiger partial charge is 0.306 e. The second-order valence-electron chi connectivity index (χ2n) is 6.61. The van der Waals surface area contributed by atoms with E-state index in [0.717, 1.165) is 19.5 Å². The molecule has 1 aliphatic rings. The van der Waals surface area contributed by atoms with Gasteiger partial charge < -0.3 is 5.32 Å². The molecular weight excluding hydrogens is 374 g/mol. The molecule has 0 radical (unpaired) electrons. The molecule has 1 aromatic heterocycles. The summed E-state index contributed by atoms with van der Waals surface area (Å²) in [6.45, 7) is 1.72. The summed E-state index contributed by atoms with van der Waals surface area (Å²) in [5.41, 5.74) is 5.36. The van der Waals surface area contributed by atoms with Crippen LogP contribution in [-0.4, -0.2) is 9.78 Å². The number of halogens is 1. The summed E-state index contributed by atoms with van der Waals surface area (Å²) in [7, 11) is 0. The normalized spacial score (nSPS) is 16.6. The first-order valence-electron chi connectivity index (χ1n) is 8.86. The van der Waals surface area contributed by atoms with Crippen molar-refractivity contribution in [2.45, 2.75) is 38.4 Å². The van der Waals surface area contributed by atoms with Gasteiger partial charge in [-0.25, -0.2) is 0 Å². The van der Waals surface area contributed by atoms with E-state index in [0.29, 0.717) is 6.04 Å². The number of benzene rings is 2. The first-order valence-corrected chi connectivity index (χ1v) is 9.66. The average Bonchev–Trinajstić information content (AvgIpc) is 3.05. The van der Waals surface area contributed by atoms with Crippen LogP contribution in [0, 0.1) is 0 Å². The number of nitrogens with one attached hydrogen (secondary N) is 1. The molecular formula is C21H22BrN3. The van der Waals surface area contributed by atoms with Crippen molar-refractivity contribution >= 4 is 15.9 Å². The fraction of sp³-hybridized carbons (Fsp3) is 0.286. The standard InChI is InChI=1S/C21H22BrN3/c22-19-10-5-4-9-17(19)13-23-20-11-6-12-21-18(20)14-24-25(21)15-16-7-2-1-3-8-16/h1-5,7-10,14,20,23H,6,11-13,15H2. The zero-order valence-electron chi connectivity index (χ0n) is 14.2. The molecule has 25 heavy (non-hydrogen) atoms. The van der Waals surface area contributed by atoms with Crippen molar-refractivity contribution in [2.75, 3.05) is 0 Å². The molecule has 0 saturated heterocycles. The minimum Gasteiger partial charge on any atom is -0.306 e. The highest BCUT2D eigenvalue weighted by Crippen LogP contribution is 2.30. The summed E-state index contributed by atoms with van der Waals surface area (Å²) in [6.07, 6.45) is 5.57. The molecule has 3 aromatic rings. The van der Waals surface area contributed by atoms with E-state index in [9.17, 15) is 0 Å². The van der Waals surface area contributed by atoms with Gasteiger partial charge in [0.2, 0.25) is 0 Å². The molecule has 0 bridgehead atoms. The minimum atomic E-state index is 0.389. The summed E-state index contributed by atoms with van der Waals surface area (Å²) in [5.74, 6) is 0. The van der Waals surface area contributed by atoms with Gasteiger partial charge in [0.05, 0.1) is 12.7 Å². The van der Waals surface area contributed by atoms with Crippen molar-refractivity contribution in [1.29, 1.82) is 0 Å². The van der Waals surface area contributed by atoms with Crippen molar-refractivity contribution in [2.24, 2.45) is 0 Å². The molecule has 0 aliphatic heterocycles. The Morgan fingerprint density at radius 2 is 1.88 bits per heavy atom. The molecule has 0 saturated carbocycles. The van der Waals surface area contributed by atoms with Crippen molar-refractivity contribution < 1.29 is 0 Å². The van der Waals surface area contributed by atoms with E-state index < -0.39 is 0 Å². The zero-order valence-corrected chi connectivity index (χ0v) is 15.7. The Hall–Kier alpha value is -1.91. The number of rotatable bonds is 5. The van der Waals surface area contributed by atoms with Gasteiger partial charge in [0.25, 0.3) is 0 Å². The molecule has 3 nitrogen and oxygen atoms in total. The Balaban J connectivity index is 1.50. The first kappa shape index (κ1) is 16.6. The second kappa shape index (κ2) is 7.54. The fourth-order valence-electron chi connectivity index (χ4n) is 3.60. The molecule has 4 rings (SSSR count).